The van der Waals surface area contributed by atoms with E-state index >= 15 is 0 Å². The summed E-state index contributed by atoms with van der Waals surface area (Å²) >= 11 is 0. The van der Waals surface area contributed by atoms with Crippen LogP contribution < -0.4 is 4.90 Å². The Morgan fingerprint density at radius 3 is 2.43 bits per heavy atom. The lowest BCUT2D eigenvalue weighted by Crippen LogP contribution is -2.32. The van der Waals surface area contributed by atoms with Gasteiger partial charge in [-0.15, -0.1) is 0 Å². The summed E-state index contributed by atoms with van der Waals surface area (Å²) in [7, 11) is -2.02. The monoisotopic (exact) mass is 313 g/mol. The molecule has 0 atom stereocenters. The number of methoxy groups -OCH3 is 1. The third-order valence-corrected chi connectivity index (χ3v) is 5.02. The van der Waals surface area contributed by atoms with Crippen LogP contribution in [0.3, 0.4) is 0 Å². The second kappa shape index (κ2) is 8.02. The number of nitrogens with zero attached hydrogens (tertiary/aromatic N) is 1. The molecule has 1 aromatic carbocycles. The van der Waals surface area contributed by atoms with Crippen molar-refractivity contribution in [2.45, 2.75) is 31.6 Å². The van der Waals surface area contributed by atoms with Crippen LogP contribution in [0.2, 0.25) is 0 Å². The number of rotatable bonds is 8. The number of benzene rings is 1. The number of ether oxygens (including phenoxy) is 1. The first kappa shape index (κ1) is 17.5. The molecule has 0 aliphatic carbocycles. The molecule has 0 amide bonds. The molecule has 21 heavy (non-hydrogen) atoms. The summed E-state index contributed by atoms with van der Waals surface area (Å²) < 4.78 is 29.4. The van der Waals surface area contributed by atoms with E-state index in [4.69, 9.17) is 4.74 Å². The Bertz CT molecular complexity index is 569. The SMILES string of the molecule is CCCN(CC(=O)OC)c1ccccc1S(=O)(=O)CCC. The Morgan fingerprint density at radius 2 is 1.86 bits per heavy atom. The molecule has 0 aliphatic rings. The summed E-state index contributed by atoms with van der Waals surface area (Å²) in [6, 6.07) is 6.82. The molecular formula is C15H23NO4S. The van der Waals surface area contributed by atoms with E-state index in [2.05, 4.69) is 0 Å². The predicted molar refractivity (Wildman–Crippen MR) is 83.3 cm³/mol. The topological polar surface area (TPSA) is 63.7 Å². The number of para-hydroxylation sites is 1. The summed E-state index contributed by atoms with van der Waals surface area (Å²) in [5, 5.41) is 0. The average Bonchev–Trinajstić information content (AvgIpc) is 2.46. The minimum absolute atomic E-state index is 0.0446. The molecule has 0 heterocycles. The lowest BCUT2D eigenvalue weighted by Gasteiger charge is -2.25. The van der Waals surface area contributed by atoms with E-state index in [1.807, 2.05) is 13.8 Å². The van der Waals surface area contributed by atoms with Crippen LogP contribution in [0.5, 0.6) is 0 Å². The van der Waals surface area contributed by atoms with Gasteiger partial charge in [0.25, 0.3) is 0 Å². The van der Waals surface area contributed by atoms with E-state index in [-0.39, 0.29) is 23.2 Å². The van der Waals surface area contributed by atoms with Crippen molar-refractivity contribution < 1.29 is 17.9 Å². The molecular weight excluding hydrogens is 290 g/mol. The predicted octanol–water partition coefficient (Wildman–Crippen LogP) is 2.26. The van der Waals surface area contributed by atoms with Crippen LogP contribution in [0.25, 0.3) is 0 Å². The molecule has 0 N–H and O–H groups in total. The van der Waals surface area contributed by atoms with Crippen molar-refractivity contribution in [2.24, 2.45) is 0 Å². The van der Waals surface area contributed by atoms with Gasteiger partial charge >= 0.3 is 5.97 Å². The Kier molecular flexibility index (Phi) is 6.68. The average molecular weight is 313 g/mol. The molecule has 0 bridgehead atoms. The third-order valence-electron chi connectivity index (χ3n) is 3.06. The highest BCUT2D eigenvalue weighted by molar-refractivity contribution is 7.91. The number of carbonyl (C=O) groups is 1. The van der Waals surface area contributed by atoms with Gasteiger partial charge in [-0.25, -0.2) is 8.42 Å². The van der Waals surface area contributed by atoms with Crippen LogP contribution in [0.15, 0.2) is 29.2 Å². The number of carbonyl (C=O) groups excluding carboxylic acids is 1. The first-order valence-corrected chi connectivity index (χ1v) is 8.75. The zero-order valence-corrected chi connectivity index (χ0v) is 13.6. The van der Waals surface area contributed by atoms with Gasteiger partial charge in [-0.3, -0.25) is 4.79 Å². The van der Waals surface area contributed by atoms with E-state index in [9.17, 15) is 13.2 Å². The van der Waals surface area contributed by atoms with Gasteiger partial charge in [0, 0.05) is 6.54 Å². The van der Waals surface area contributed by atoms with Crippen molar-refractivity contribution in [2.75, 3.05) is 30.9 Å². The third kappa shape index (κ3) is 4.74. The number of anilines is 1. The quantitative estimate of drug-likeness (QED) is 0.689. The maximum Gasteiger partial charge on any atom is 0.325 e. The van der Waals surface area contributed by atoms with Crippen LogP contribution in [0.4, 0.5) is 5.69 Å². The summed E-state index contributed by atoms with van der Waals surface area (Å²) in [5.74, 6) is -0.284. The maximum atomic E-state index is 12.4. The zero-order valence-electron chi connectivity index (χ0n) is 12.8. The fourth-order valence-electron chi connectivity index (χ4n) is 2.14. The number of hydrogen-bond acceptors (Lipinski definition) is 5. The van der Waals surface area contributed by atoms with Crippen molar-refractivity contribution in [3.63, 3.8) is 0 Å². The van der Waals surface area contributed by atoms with Gasteiger partial charge < -0.3 is 9.64 Å². The van der Waals surface area contributed by atoms with Crippen LogP contribution in [-0.2, 0) is 19.4 Å². The lowest BCUT2D eigenvalue weighted by molar-refractivity contribution is -0.138. The lowest BCUT2D eigenvalue weighted by atomic mass is 10.2. The zero-order chi connectivity index (χ0) is 15.9. The molecule has 1 aromatic rings. The summed E-state index contributed by atoms with van der Waals surface area (Å²) in [6.07, 6.45) is 1.36. The molecule has 5 nitrogen and oxygen atoms in total. The van der Waals surface area contributed by atoms with E-state index in [0.29, 0.717) is 18.7 Å². The van der Waals surface area contributed by atoms with E-state index in [1.165, 1.54) is 7.11 Å². The minimum atomic E-state index is -3.34. The van der Waals surface area contributed by atoms with Gasteiger partial charge in [-0.1, -0.05) is 26.0 Å². The number of hydrogen-bond donors (Lipinski definition) is 0. The molecule has 0 radical (unpaired) electrons. The molecule has 0 saturated heterocycles. The summed E-state index contributed by atoms with van der Waals surface area (Å²) in [6.45, 7) is 4.45. The molecule has 0 spiro atoms. The smallest absolute Gasteiger partial charge is 0.325 e. The van der Waals surface area contributed by atoms with Crippen LogP contribution in [0.1, 0.15) is 26.7 Å². The number of esters is 1. The van der Waals surface area contributed by atoms with Crippen molar-refractivity contribution in [3.05, 3.63) is 24.3 Å². The van der Waals surface area contributed by atoms with Crippen LogP contribution >= 0.6 is 0 Å². The minimum Gasteiger partial charge on any atom is -0.468 e. The van der Waals surface area contributed by atoms with Crippen molar-refractivity contribution in [3.8, 4) is 0 Å². The molecule has 0 unspecified atom stereocenters. The Morgan fingerprint density at radius 1 is 1.19 bits per heavy atom. The van der Waals surface area contributed by atoms with Crippen molar-refractivity contribution >= 4 is 21.5 Å². The Hall–Kier alpha value is -1.56. The second-order valence-corrected chi connectivity index (χ2v) is 6.86. The second-order valence-electron chi connectivity index (χ2n) is 4.78. The van der Waals surface area contributed by atoms with Crippen molar-refractivity contribution in [1.29, 1.82) is 0 Å². The van der Waals surface area contributed by atoms with Gasteiger partial charge in [0.05, 0.1) is 23.4 Å². The van der Waals surface area contributed by atoms with E-state index < -0.39 is 9.84 Å². The van der Waals surface area contributed by atoms with E-state index in [0.717, 1.165) is 6.42 Å². The normalized spacial score (nSPS) is 11.2. The first-order valence-electron chi connectivity index (χ1n) is 7.09. The fourth-order valence-corrected chi connectivity index (χ4v) is 3.69. The Labute approximate surface area is 126 Å². The van der Waals surface area contributed by atoms with Crippen molar-refractivity contribution in [1.82, 2.24) is 0 Å². The van der Waals surface area contributed by atoms with Crippen LogP contribution in [-0.4, -0.2) is 40.3 Å². The molecule has 0 aliphatic heterocycles. The number of sulfone groups is 1. The van der Waals surface area contributed by atoms with Gasteiger partial charge in [-0.05, 0) is 25.0 Å². The summed E-state index contributed by atoms with van der Waals surface area (Å²) in [4.78, 5) is 13.6. The molecule has 0 fully saturated rings. The first-order chi connectivity index (χ1) is 9.96. The van der Waals surface area contributed by atoms with E-state index in [1.54, 1.807) is 29.2 Å². The van der Waals surface area contributed by atoms with Gasteiger partial charge in [0.15, 0.2) is 9.84 Å². The molecule has 118 valence electrons. The largest absolute Gasteiger partial charge is 0.468 e. The summed E-state index contributed by atoms with van der Waals surface area (Å²) in [5.41, 5.74) is 0.568. The highest BCUT2D eigenvalue weighted by atomic mass is 32.2. The standard InChI is InChI=1S/C15H23NO4S/c1-4-10-16(12-15(17)20-3)13-8-6-7-9-14(13)21(18,19)11-5-2/h6-9H,4-5,10-12H2,1-3H3. The van der Waals surface area contributed by atoms with Gasteiger partial charge in [-0.2, -0.15) is 0 Å². The van der Waals surface area contributed by atoms with Crippen LogP contribution in [0, 0.1) is 0 Å². The van der Waals surface area contributed by atoms with Gasteiger partial charge in [0.1, 0.15) is 6.54 Å². The molecule has 6 heteroatoms. The fraction of sp³-hybridized carbons (Fsp3) is 0.533. The van der Waals surface area contributed by atoms with Gasteiger partial charge in [0.2, 0.25) is 0 Å². The molecule has 0 saturated carbocycles. The molecule has 1 rings (SSSR count). The molecule has 0 aromatic heterocycles. The maximum absolute atomic E-state index is 12.4. The Balaban J connectivity index is 3.23. The highest BCUT2D eigenvalue weighted by Crippen LogP contribution is 2.26. The highest BCUT2D eigenvalue weighted by Gasteiger charge is 2.22.